The quantitative estimate of drug-likeness (QED) is 0.369. The van der Waals surface area contributed by atoms with Crippen LogP contribution in [0.4, 0.5) is 13.2 Å². The zero-order valence-corrected chi connectivity index (χ0v) is 21.3. The number of hydrogen-bond donors (Lipinski definition) is 2. The summed E-state index contributed by atoms with van der Waals surface area (Å²) in [5.41, 5.74) is 1.96. The molecule has 2 aromatic carbocycles. The van der Waals surface area contributed by atoms with Crippen LogP contribution in [0.3, 0.4) is 0 Å². The Morgan fingerprint density at radius 2 is 1.97 bits per heavy atom. The lowest BCUT2D eigenvalue weighted by Gasteiger charge is -2.26. The molecule has 0 amide bonds. The number of amidine groups is 2. The van der Waals surface area contributed by atoms with E-state index >= 15 is 0 Å². The maximum atomic E-state index is 13.2. The fraction of sp³-hybridized carbons (Fsp3) is 0.391. The number of rotatable bonds is 7. The highest BCUT2D eigenvalue weighted by Gasteiger charge is 2.31. The van der Waals surface area contributed by atoms with Crippen molar-refractivity contribution in [2.75, 3.05) is 34.0 Å². The zero-order valence-electron chi connectivity index (χ0n) is 19.0. The van der Waals surface area contributed by atoms with Gasteiger partial charge in [0, 0.05) is 37.2 Å². The fourth-order valence-corrected chi connectivity index (χ4v) is 5.25. The Kier molecular flexibility index (Phi) is 9.99. The first-order valence-corrected chi connectivity index (χ1v) is 13.0. The Bertz CT molecular complexity index is 1030. The van der Waals surface area contributed by atoms with E-state index in [9.17, 15) is 13.2 Å². The first-order valence-electron chi connectivity index (χ1n) is 10.6. The maximum Gasteiger partial charge on any atom is 0.416 e. The summed E-state index contributed by atoms with van der Waals surface area (Å²) in [6.45, 7) is 2.05. The van der Waals surface area contributed by atoms with Crippen LogP contribution in [0.15, 0.2) is 52.4 Å². The number of alkyl halides is 3. The second-order valence-electron chi connectivity index (χ2n) is 7.51. The van der Waals surface area contributed by atoms with Crippen LogP contribution in [0.2, 0.25) is 5.02 Å². The molecule has 0 spiro atoms. The third kappa shape index (κ3) is 7.83. The van der Waals surface area contributed by atoms with E-state index < -0.39 is 11.7 Å². The van der Waals surface area contributed by atoms with Crippen molar-refractivity contribution in [3.05, 3.63) is 69.7 Å². The molecule has 5 nitrogen and oxygen atoms in total. The van der Waals surface area contributed by atoms with Crippen LogP contribution in [-0.4, -0.2) is 49.2 Å². The van der Waals surface area contributed by atoms with Crippen LogP contribution in [0.5, 0.6) is 0 Å². The topological polar surface area (TPSA) is 52.0 Å². The molecular formula is C23H27ClF3N5S2. The summed E-state index contributed by atoms with van der Waals surface area (Å²) in [4.78, 5) is 10.9. The average molecular weight is 530 g/mol. The smallest absolute Gasteiger partial charge is 0.368 e. The number of thioether (sulfide) groups is 2. The molecule has 0 atom stereocenters. The first kappa shape index (κ1) is 26.7. The second-order valence-corrected chi connectivity index (χ2v) is 9.85. The number of hydrogen-bond acceptors (Lipinski definition) is 6. The second kappa shape index (κ2) is 12.7. The van der Waals surface area contributed by atoms with Crippen LogP contribution in [0.1, 0.15) is 22.3 Å². The molecule has 0 bridgehead atoms. The molecule has 0 fully saturated rings. The third-order valence-corrected chi connectivity index (χ3v) is 7.69. The molecule has 0 aromatic heterocycles. The molecule has 2 aromatic rings. The standard InChI is InChI=1S/C23H27ClF3N5S2/c1-28-21(29-2)33-13-18-11-19(23(25,26)27)8-7-17(18)12-34-22-30-14-32(15-31-22)10-9-16-5-3-4-6-20(16)24/h3-8,11H,9-10,12-15H2,1-2H3,(H,28,29)(H,30,31). The van der Waals surface area contributed by atoms with Crippen molar-refractivity contribution in [3.8, 4) is 0 Å². The van der Waals surface area contributed by atoms with Gasteiger partial charge >= 0.3 is 6.18 Å². The minimum absolute atomic E-state index is 0.392. The Morgan fingerprint density at radius 1 is 1.18 bits per heavy atom. The van der Waals surface area contributed by atoms with Crippen LogP contribution in [-0.2, 0) is 24.1 Å². The van der Waals surface area contributed by atoms with Crippen molar-refractivity contribution in [2.45, 2.75) is 24.1 Å². The molecule has 0 saturated carbocycles. The fourth-order valence-electron chi connectivity index (χ4n) is 3.29. The molecule has 11 heteroatoms. The highest BCUT2D eigenvalue weighted by Crippen LogP contribution is 2.33. The van der Waals surface area contributed by atoms with Gasteiger partial charge < -0.3 is 10.6 Å². The Labute approximate surface area is 211 Å². The monoisotopic (exact) mass is 529 g/mol. The summed E-state index contributed by atoms with van der Waals surface area (Å²) in [6, 6.07) is 11.7. The van der Waals surface area contributed by atoms with Gasteiger partial charge in [0.15, 0.2) is 10.3 Å². The summed E-state index contributed by atoms with van der Waals surface area (Å²) in [5, 5.41) is 8.48. The van der Waals surface area contributed by atoms with E-state index in [1.54, 1.807) is 20.2 Å². The predicted molar refractivity (Wildman–Crippen MR) is 139 cm³/mol. The zero-order chi connectivity index (χ0) is 24.6. The van der Waals surface area contributed by atoms with Crippen molar-refractivity contribution in [3.63, 3.8) is 0 Å². The Balaban J connectivity index is 1.59. The lowest BCUT2D eigenvalue weighted by atomic mass is 10.1. The lowest BCUT2D eigenvalue weighted by Crippen LogP contribution is -2.42. The lowest BCUT2D eigenvalue weighted by molar-refractivity contribution is -0.137. The minimum atomic E-state index is -4.38. The average Bonchev–Trinajstić information content (AvgIpc) is 2.83. The van der Waals surface area contributed by atoms with Crippen molar-refractivity contribution in [2.24, 2.45) is 9.98 Å². The van der Waals surface area contributed by atoms with E-state index in [1.165, 1.54) is 29.6 Å². The van der Waals surface area contributed by atoms with E-state index in [2.05, 4.69) is 25.5 Å². The van der Waals surface area contributed by atoms with Gasteiger partial charge in [-0.15, -0.1) is 0 Å². The van der Waals surface area contributed by atoms with Gasteiger partial charge in [-0.25, -0.2) is 4.99 Å². The van der Waals surface area contributed by atoms with Gasteiger partial charge in [0.05, 0.1) is 18.9 Å². The number of nitrogens with one attached hydrogen (secondary N) is 2. The Morgan fingerprint density at radius 3 is 2.62 bits per heavy atom. The van der Waals surface area contributed by atoms with Crippen molar-refractivity contribution >= 4 is 45.5 Å². The van der Waals surface area contributed by atoms with E-state index in [0.717, 1.165) is 40.3 Å². The molecule has 1 aliphatic heterocycles. The summed E-state index contributed by atoms with van der Waals surface area (Å²) in [5.74, 6) is 0.917. The Hall–Kier alpha value is -1.88. The van der Waals surface area contributed by atoms with E-state index in [-0.39, 0.29) is 0 Å². The molecule has 3 rings (SSSR count). The highest BCUT2D eigenvalue weighted by atomic mass is 35.5. The molecule has 0 unspecified atom stereocenters. The molecule has 0 saturated heterocycles. The number of halogens is 4. The van der Waals surface area contributed by atoms with Gasteiger partial charge in [0.1, 0.15) is 0 Å². The van der Waals surface area contributed by atoms with E-state index in [4.69, 9.17) is 11.6 Å². The van der Waals surface area contributed by atoms with E-state index in [1.807, 2.05) is 24.3 Å². The predicted octanol–water partition coefficient (Wildman–Crippen LogP) is 5.45. The molecular weight excluding hydrogens is 503 g/mol. The molecule has 0 aliphatic carbocycles. The highest BCUT2D eigenvalue weighted by molar-refractivity contribution is 8.13. The van der Waals surface area contributed by atoms with E-state index in [0.29, 0.717) is 35.6 Å². The summed E-state index contributed by atoms with van der Waals surface area (Å²) in [6.07, 6.45) is -3.54. The van der Waals surface area contributed by atoms with Crippen LogP contribution in [0, 0.1) is 0 Å². The van der Waals surface area contributed by atoms with Crippen LogP contribution >= 0.6 is 35.1 Å². The first-order chi connectivity index (χ1) is 16.3. The molecule has 1 aliphatic rings. The number of nitrogens with zero attached hydrogens (tertiary/aromatic N) is 3. The third-order valence-electron chi connectivity index (χ3n) is 5.20. The minimum Gasteiger partial charge on any atom is -0.368 e. The maximum absolute atomic E-state index is 13.2. The molecule has 34 heavy (non-hydrogen) atoms. The molecule has 184 valence electrons. The van der Waals surface area contributed by atoms with Gasteiger partial charge in [-0.3, -0.25) is 9.89 Å². The van der Waals surface area contributed by atoms with Gasteiger partial charge in [-0.05, 0) is 41.3 Å². The van der Waals surface area contributed by atoms with Crippen LogP contribution < -0.4 is 10.6 Å². The largest absolute Gasteiger partial charge is 0.416 e. The normalized spacial score (nSPS) is 15.1. The summed E-state index contributed by atoms with van der Waals surface area (Å²) >= 11 is 9.10. The van der Waals surface area contributed by atoms with Crippen molar-refractivity contribution in [1.29, 1.82) is 0 Å². The van der Waals surface area contributed by atoms with Crippen molar-refractivity contribution in [1.82, 2.24) is 15.5 Å². The van der Waals surface area contributed by atoms with Gasteiger partial charge in [-0.1, -0.05) is 59.4 Å². The molecule has 0 radical (unpaired) electrons. The van der Waals surface area contributed by atoms with Crippen LogP contribution in [0.25, 0.3) is 0 Å². The number of aliphatic imine (C=N–C) groups is 2. The summed E-state index contributed by atoms with van der Waals surface area (Å²) in [7, 11) is 3.38. The van der Waals surface area contributed by atoms with Gasteiger partial charge in [0.2, 0.25) is 0 Å². The SMILES string of the molecule is C/N=C(\NC)SCc1cc(C(F)(F)F)ccc1CSC1=NCN(CCc2ccccc2Cl)CN1. The summed E-state index contributed by atoms with van der Waals surface area (Å²) < 4.78 is 39.7. The molecule has 1 heterocycles. The van der Waals surface area contributed by atoms with Gasteiger partial charge in [0.25, 0.3) is 0 Å². The van der Waals surface area contributed by atoms with Crippen molar-refractivity contribution < 1.29 is 13.2 Å². The van der Waals surface area contributed by atoms with Gasteiger partial charge in [-0.2, -0.15) is 13.2 Å². The number of benzene rings is 2. The molecule has 2 N–H and O–H groups in total.